The molecule has 0 amide bonds. The third-order valence-electron chi connectivity index (χ3n) is 3.10. The summed E-state index contributed by atoms with van der Waals surface area (Å²) in [6, 6.07) is 7.80. The molecule has 3 rings (SSSR count). The molecule has 0 aliphatic rings. The van der Waals surface area contributed by atoms with E-state index in [-0.39, 0.29) is 5.92 Å². The second-order valence-corrected chi connectivity index (χ2v) is 4.64. The SMILES string of the molecule is CC(Cc1nc(-c2cn[nH]n2)no1)c1ccc(N)cc1. The van der Waals surface area contributed by atoms with Gasteiger partial charge in [-0.1, -0.05) is 24.2 Å². The van der Waals surface area contributed by atoms with E-state index in [2.05, 4.69) is 32.5 Å². The van der Waals surface area contributed by atoms with Crippen molar-refractivity contribution in [1.82, 2.24) is 25.6 Å². The largest absolute Gasteiger partial charge is 0.399 e. The van der Waals surface area contributed by atoms with E-state index in [1.54, 1.807) is 6.20 Å². The Morgan fingerprint density at radius 3 is 2.80 bits per heavy atom. The highest BCUT2D eigenvalue weighted by Gasteiger charge is 2.14. The zero-order valence-corrected chi connectivity index (χ0v) is 10.9. The van der Waals surface area contributed by atoms with Gasteiger partial charge in [0.2, 0.25) is 11.7 Å². The van der Waals surface area contributed by atoms with Gasteiger partial charge in [0, 0.05) is 12.1 Å². The third kappa shape index (κ3) is 2.51. The fraction of sp³-hybridized carbons (Fsp3) is 0.231. The van der Waals surface area contributed by atoms with E-state index in [4.69, 9.17) is 10.3 Å². The molecule has 2 heterocycles. The molecule has 0 saturated heterocycles. The van der Waals surface area contributed by atoms with Crippen molar-refractivity contribution < 1.29 is 4.52 Å². The summed E-state index contributed by atoms with van der Waals surface area (Å²) < 4.78 is 5.24. The lowest BCUT2D eigenvalue weighted by Crippen LogP contribution is -1.99. The van der Waals surface area contributed by atoms with Crippen LogP contribution in [0.2, 0.25) is 0 Å². The molecule has 20 heavy (non-hydrogen) atoms. The number of nitrogens with zero attached hydrogens (tertiary/aromatic N) is 4. The minimum Gasteiger partial charge on any atom is -0.399 e. The van der Waals surface area contributed by atoms with Crippen LogP contribution in [-0.4, -0.2) is 25.6 Å². The Labute approximate surface area is 115 Å². The second-order valence-electron chi connectivity index (χ2n) is 4.64. The molecule has 7 nitrogen and oxygen atoms in total. The standard InChI is InChI=1S/C13H14N6O/c1-8(9-2-4-10(14)5-3-9)6-12-16-13(18-20-12)11-7-15-19-17-11/h2-5,7-8H,6,14H2,1H3,(H,15,17,19). The molecule has 0 aliphatic carbocycles. The topological polar surface area (TPSA) is 107 Å². The third-order valence-corrected chi connectivity index (χ3v) is 3.10. The molecule has 1 unspecified atom stereocenters. The number of rotatable bonds is 4. The Balaban J connectivity index is 1.73. The van der Waals surface area contributed by atoms with Crippen molar-refractivity contribution in [1.29, 1.82) is 0 Å². The number of nitrogens with two attached hydrogens (primary N) is 1. The van der Waals surface area contributed by atoms with Crippen molar-refractivity contribution in [3.63, 3.8) is 0 Å². The van der Waals surface area contributed by atoms with Gasteiger partial charge in [-0.05, 0) is 23.6 Å². The molecule has 7 heteroatoms. The fourth-order valence-corrected chi connectivity index (χ4v) is 1.96. The lowest BCUT2D eigenvalue weighted by Gasteiger charge is -2.08. The van der Waals surface area contributed by atoms with Gasteiger partial charge in [0.1, 0.15) is 0 Å². The Morgan fingerprint density at radius 2 is 2.10 bits per heavy atom. The van der Waals surface area contributed by atoms with Crippen LogP contribution in [-0.2, 0) is 6.42 Å². The summed E-state index contributed by atoms with van der Waals surface area (Å²) in [6.45, 7) is 2.10. The van der Waals surface area contributed by atoms with E-state index in [0.717, 1.165) is 5.69 Å². The lowest BCUT2D eigenvalue weighted by atomic mass is 9.98. The van der Waals surface area contributed by atoms with Gasteiger partial charge in [0.05, 0.1) is 6.20 Å². The first-order valence-corrected chi connectivity index (χ1v) is 6.26. The van der Waals surface area contributed by atoms with E-state index < -0.39 is 0 Å². The van der Waals surface area contributed by atoms with Crippen LogP contribution in [0, 0.1) is 0 Å². The Kier molecular flexibility index (Phi) is 3.16. The van der Waals surface area contributed by atoms with Gasteiger partial charge in [0.25, 0.3) is 0 Å². The minimum absolute atomic E-state index is 0.265. The summed E-state index contributed by atoms with van der Waals surface area (Å²) >= 11 is 0. The van der Waals surface area contributed by atoms with Crippen LogP contribution in [0.5, 0.6) is 0 Å². The van der Waals surface area contributed by atoms with Crippen LogP contribution in [0.15, 0.2) is 35.0 Å². The maximum atomic E-state index is 5.68. The van der Waals surface area contributed by atoms with Crippen LogP contribution < -0.4 is 5.73 Å². The quantitative estimate of drug-likeness (QED) is 0.700. The molecule has 0 radical (unpaired) electrons. The molecule has 0 saturated carbocycles. The zero-order chi connectivity index (χ0) is 13.9. The van der Waals surface area contributed by atoms with Gasteiger partial charge in [-0.15, -0.1) is 0 Å². The molecule has 3 N–H and O–H groups in total. The number of aromatic amines is 1. The van der Waals surface area contributed by atoms with Crippen molar-refractivity contribution >= 4 is 5.69 Å². The zero-order valence-electron chi connectivity index (χ0n) is 10.9. The number of nitrogen functional groups attached to an aromatic ring is 1. The van der Waals surface area contributed by atoms with Crippen LogP contribution >= 0.6 is 0 Å². The first-order chi connectivity index (χ1) is 9.72. The summed E-state index contributed by atoms with van der Waals surface area (Å²) in [4.78, 5) is 4.31. The summed E-state index contributed by atoms with van der Waals surface area (Å²) in [5, 5.41) is 14.0. The van der Waals surface area contributed by atoms with Gasteiger partial charge in [-0.2, -0.15) is 20.4 Å². The van der Waals surface area contributed by atoms with Crippen molar-refractivity contribution in [2.24, 2.45) is 0 Å². The maximum absolute atomic E-state index is 5.68. The molecule has 1 atom stereocenters. The molecular formula is C13H14N6O. The second kappa shape index (κ2) is 5.12. The van der Waals surface area contributed by atoms with Crippen molar-refractivity contribution in [3.8, 4) is 11.5 Å². The molecule has 0 bridgehead atoms. The fourth-order valence-electron chi connectivity index (χ4n) is 1.96. The van der Waals surface area contributed by atoms with Crippen molar-refractivity contribution in [3.05, 3.63) is 41.9 Å². The first-order valence-electron chi connectivity index (χ1n) is 6.26. The molecule has 0 spiro atoms. The highest BCUT2D eigenvalue weighted by Crippen LogP contribution is 2.21. The predicted octanol–water partition coefficient (Wildman–Crippen LogP) is 1.78. The van der Waals surface area contributed by atoms with Gasteiger partial charge in [-0.3, -0.25) is 0 Å². The molecule has 1 aromatic carbocycles. The lowest BCUT2D eigenvalue weighted by molar-refractivity contribution is 0.372. The molecule has 3 aromatic rings. The van der Waals surface area contributed by atoms with Crippen LogP contribution in [0.1, 0.15) is 24.3 Å². The van der Waals surface area contributed by atoms with Gasteiger partial charge in [-0.25, -0.2) is 0 Å². The van der Waals surface area contributed by atoms with Crippen molar-refractivity contribution in [2.45, 2.75) is 19.3 Å². The average Bonchev–Trinajstić information content (AvgIpc) is 3.09. The molecule has 2 aromatic heterocycles. The van der Waals surface area contributed by atoms with E-state index >= 15 is 0 Å². The number of benzene rings is 1. The van der Waals surface area contributed by atoms with E-state index in [0.29, 0.717) is 23.8 Å². The van der Waals surface area contributed by atoms with E-state index in [1.807, 2.05) is 24.3 Å². The number of hydrogen-bond donors (Lipinski definition) is 2. The number of hydrogen-bond acceptors (Lipinski definition) is 6. The van der Waals surface area contributed by atoms with Gasteiger partial charge >= 0.3 is 0 Å². The van der Waals surface area contributed by atoms with Crippen molar-refractivity contribution in [2.75, 3.05) is 5.73 Å². The highest BCUT2D eigenvalue weighted by molar-refractivity contribution is 5.45. The summed E-state index contributed by atoms with van der Waals surface area (Å²) in [5.74, 6) is 1.28. The Bertz CT molecular complexity index is 673. The number of nitrogens with one attached hydrogen (secondary N) is 1. The number of H-pyrrole nitrogens is 1. The monoisotopic (exact) mass is 270 g/mol. The number of aromatic nitrogens is 5. The molecule has 102 valence electrons. The predicted molar refractivity (Wildman–Crippen MR) is 72.6 cm³/mol. The van der Waals surface area contributed by atoms with E-state index in [1.165, 1.54) is 5.56 Å². The minimum atomic E-state index is 0.265. The van der Waals surface area contributed by atoms with Gasteiger partial charge < -0.3 is 10.3 Å². The first kappa shape index (κ1) is 12.3. The Morgan fingerprint density at radius 1 is 1.30 bits per heavy atom. The van der Waals surface area contributed by atoms with Crippen LogP contribution in [0.4, 0.5) is 5.69 Å². The summed E-state index contributed by atoms with van der Waals surface area (Å²) in [7, 11) is 0. The summed E-state index contributed by atoms with van der Waals surface area (Å²) in [5.41, 5.74) is 8.19. The normalized spacial score (nSPS) is 12.4. The molecule has 0 fully saturated rings. The average molecular weight is 270 g/mol. The van der Waals surface area contributed by atoms with Crippen LogP contribution in [0.3, 0.4) is 0 Å². The van der Waals surface area contributed by atoms with E-state index in [9.17, 15) is 0 Å². The summed E-state index contributed by atoms with van der Waals surface area (Å²) in [6.07, 6.45) is 2.22. The molecular weight excluding hydrogens is 256 g/mol. The Hall–Kier alpha value is -2.70. The number of anilines is 1. The maximum Gasteiger partial charge on any atom is 0.227 e. The van der Waals surface area contributed by atoms with Gasteiger partial charge in [0.15, 0.2) is 5.69 Å². The highest BCUT2D eigenvalue weighted by atomic mass is 16.5. The molecule has 0 aliphatic heterocycles. The smallest absolute Gasteiger partial charge is 0.227 e. The van der Waals surface area contributed by atoms with Crippen LogP contribution in [0.25, 0.3) is 11.5 Å².